The van der Waals surface area contributed by atoms with Crippen LogP contribution in [0.1, 0.15) is 35.8 Å². The molecule has 0 spiro atoms. The number of hydrogen-bond donors (Lipinski definition) is 1. The van der Waals surface area contributed by atoms with E-state index in [1.807, 2.05) is 6.92 Å². The lowest BCUT2D eigenvalue weighted by molar-refractivity contribution is 0.0784. The van der Waals surface area contributed by atoms with Gasteiger partial charge in [-0.2, -0.15) is 0 Å². The molecule has 1 heterocycles. The maximum absolute atomic E-state index is 12.0. The molecule has 0 bridgehead atoms. The first-order valence-corrected chi connectivity index (χ1v) is 6.73. The topological polar surface area (TPSA) is 59.2 Å². The van der Waals surface area contributed by atoms with Crippen molar-refractivity contribution < 1.29 is 4.79 Å². The maximum atomic E-state index is 12.0. The van der Waals surface area contributed by atoms with Gasteiger partial charge in [0.05, 0.1) is 5.01 Å². The number of rotatable bonds is 5. The molecule has 0 aromatic carbocycles. The van der Waals surface area contributed by atoms with Crippen LogP contribution in [0.15, 0.2) is 5.38 Å². The summed E-state index contributed by atoms with van der Waals surface area (Å²) in [5, 5.41) is 2.72. The number of aromatic nitrogens is 1. The van der Waals surface area contributed by atoms with Gasteiger partial charge in [-0.3, -0.25) is 4.79 Å². The van der Waals surface area contributed by atoms with Gasteiger partial charge in [0, 0.05) is 25.0 Å². The van der Waals surface area contributed by atoms with Crippen LogP contribution in [0.5, 0.6) is 0 Å². The molecule has 0 radical (unpaired) electrons. The Labute approximate surface area is 107 Å². The number of thiazole rings is 1. The van der Waals surface area contributed by atoms with E-state index >= 15 is 0 Å². The van der Waals surface area contributed by atoms with Crippen molar-refractivity contribution in [3.63, 3.8) is 0 Å². The van der Waals surface area contributed by atoms with Crippen LogP contribution >= 0.6 is 11.3 Å². The number of nitrogens with two attached hydrogens (primary N) is 1. The van der Waals surface area contributed by atoms with E-state index in [2.05, 4.69) is 18.8 Å². The van der Waals surface area contributed by atoms with E-state index in [0.717, 1.165) is 11.4 Å². The first kappa shape index (κ1) is 14.1. The molecule has 0 aliphatic rings. The van der Waals surface area contributed by atoms with Crippen LogP contribution < -0.4 is 5.73 Å². The standard InChI is InChI=1S/C12H21N3OS/c1-8(2)10(13)5-6-15(4)12(16)11-7-17-9(3)14-11/h7-8,10H,5-6,13H2,1-4H3. The van der Waals surface area contributed by atoms with Gasteiger partial charge in [-0.1, -0.05) is 13.8 Å². The molecular formula is C12H21N3OS. The minimum atomic E-state index is -0.0229. The van der Waals surface area contributed by atoms with Crippen LogP contribution in [0, 0.1) is 12.8 Å². The molecule has 1 amide bonds. The van der Waals surface area contributed by atoms with E-state index in [-0.39, 0.29) is 11.9 Å². The molecule has 17 heavy (non-hydrogen) atoms. The number of carbonyl (C=O) groups excluding carboxylic acids is 1. The number of hydrogen-bond acceptors (Lipinski definition) is 4. The van der Waals surface area contributed by atoms with Gasteiger partial charge in [0.2, 0.25) is 0 Å². The molecule has 2 N–H and O–H groups in total. The molecule has 0 aliphatic heterocycles. The Bertz CT molecular complexity index is 376. The summed E-state index contributed by atoms with van der Waals surface area (Å²) < 4.78 is 0. The summed E-state index contributed by atoms with van der Waals surface area (Å²) in [7, 11) is 1.80. The molecule has 1 rings (SSSR count). The molecule has 1 aromatic heterocycles. The number of aryl methyl sites for hydroxylation is 1. The predicted molar refractivity (Wildman–Crippen MR) is 71.2 cm³/mol. The fourth-order valence-electron chi connectivity index (χ4n) is 1.43. The minimum Gasteiger partial charge on any atom is -0.340 e. The lowest BCUT2D eigenvalue weighted by atomic mass is 10.0. The first-order chi connectivity index (χ1) is 7.91. The Hall–Kier alpha value is -0.940. The highest BCUT2D eigenvalue weighted by Crippen LogP contribution is 2.11. The van der Waals surface area contributed by atoms with Gasteiger partial charge in [0.25, 0.3) is 5.91 Å². The predicted octanol–water partition coefficient (Wildman–Crippen LogP) is 1.90. The number of carbonyl (C=O) groups is 1. The van der Waals surface area contributed by atoms with Crippen molar-refractivity contribution in [2.24, 2.45) is 11.7 Å². The smallest absolute Gasteiger partial charge is 0.273 e. The van der Waals surface area contributed by atoms with Crippen molar-refractivity contribution in [2.75, 3.05) is 13.6 Å². The van der Waals surface area contributed by atoms with Crippen molar-refractivity contribution >= 4 is 17.2 Å². The molecule has 0 saturated carbocycles. The third-order valence-electron chi connectivity index (χ3n) is 2.84. The Morgan fingerprint density at radius 1 is 1.59 bits per heavy atom. The maximum Gasteiger partial charge on any atom is 0.273 e. The SMILES string of the molecule is Cc1nc(C(=O)N(C)CCC(N)C(C)C)cs1. The number of amides is 1. The van der Waals surface area contributed by atoms with Crippen LogP contribution in [0.25, 0.3) is 0 Å². The molecule has 0 saturated heterocycles. The second kappa shape index (κ2) is 6.12. The number of nitrogens with zero attached hydrogens (tertiary/aromatic N) is 2. The van der Waals surface area contributed by atoms with Gasteiger partial charge in [-0.15, -0.1) is 11.3 Å². The molecule has 1 atom stereocenters. The van der Waals surface area contributed by atoms with Crippen LogP contribution in [0.3, 0.4) is 0 Å². The summed E-state index contributed by atoms with van der Waals surface area (Å²) in [5.74, 6) is 0.422. The van der Waals surface area contributed by atoms with Crippen LogP contribution in [0.2, 0.25) is 0 Å². The Morgan fingerprint density at radius 3 is 2.71 bits per heavy atom. The van der Waals surface area contributed by atoms with Crippen molar-refractivity contribution in [3.05, 3.63) is 16.1 Å². The highest BCUT2D eigenvalue weighted by atomic mass is 32.1. The molecule has 5 heteroatoms. The third-order valence-corrected chi connectivity index (χ3v) is 3.61. The quantitative estimate of drug-likeness (QED) is 0.874. The van der Waals surface area contributed by atoms with Gasteiger partial charge in [0.15, 0.2) is 0 Å². The third kappa shape index (κ3) is 4.09. The van der Waals surface area contributed by atoms with Gasteiger partial charge in [-0.05, 0) is 19.3 Å². The van der Waals surface area contributed by atoms with Crippen molar-refractivity contribution in [1.29, 1.82) is 0 Å². The van der Waals surface area contributed by atoms with Gasteiger partial charge in [0.1, 0.15) is 5.69 Å². The molecule has 1 unspecified atom stereocenters. The zero-order chi connectivity index (χ0) is 13.0. The molecule has 0 fully saturated rings. The van der Waals surface area contributed by atoms with E-state index in [1.54, 1.807) is 17.3 Å². The zero-order valence-corrected chi connectivity index (χ0v) is 11.8. The zero-order valence-electron chi connectivity index (χ0n) is 10.9. The summed E-state index contributed by atoms with van der Waals surface area (Å²) >= 11 is 1.50. The van der Waals surface area contributed by atoms with Crippen molar-refractivity contribution in [1.82, 2.24) is 9.88 Å². The van der Waals surface area contributed by atoms with E-state index < -0.39 is 0 Å². The normalized spacial score (nSPS) is 12.8. The van der Waals surface area contributed by atoms with Crippen LogP contribution in [0.4, 0.5) is 0 Å². The highest BCUT2D eigenvalue weighted by Gasteiger charge is 2.16. The largest absolute Gasteiger partial charge is 0.340 e. The molecule has 1 aromatic rings. The van der Waals surface area contributed by atoms with Gasteiger partial charge in [-0.25, -0.2) is 4.98 Å². The van der Waals surface area contributed by atoms with E-state index in [4.69, 9.17) is 5.73 Å². The molecule has 0 aliphatic carbocycles. The molecule has 96 valence electrons. The summed E-state index contributed by atoms with van der Waals surface area (Å²) in [6.07, 6.45) is 0.822. The monoisotopic (exact) mass is 255 g/mol. The van der Waals surface area contributed by atoms with Crippen molar-refractivity contribution in [2.45, 2.75) is 33.2 Å². The van der Waals surface area contributed by atoms with Crippen LogP contribution in [-0.2, 0) is 0 Å². The summed E-state index contributed by atoms with van der Waals surface area (Å²) in [6.45, 7) is 6.76. The summed E-state index contributed by atoms with van der Waals surface area (Å²) in [6, 6.07) is 0.141. The fraction of sp³-hybridized carbons (Fsp3) is 0.667. The fourth-order valence-corrected chi connectivity index (χ4v) is 2.02. The minimum absolute atomic E-state index is 0.0229. The molecular weight excluding hydrogens is 234 g/mol. The lowest BCUT2D eigenvalue weighted by Gasteiger charge is -2.20. The Morgan fingerprint density at radius 2 is 2.24 bits per heavy atom. The van der Waals surface area contributed by atoms with Gasteiger partial charge < -0.3 is 10.6 Å². The summed E-state index contributed by atoms with van der Waals surface area (Å²) in [5.41, 5.74) is 6.49. The van der Waals surface area contributed by atoms with E-state index in [9.17, 15) is 4.79 Å². The van der Waals surface area contributed by atoms with Crippen LogP contribution in [-0.4, -0.2) is 35.4 Å². The highest BCUT2D eigenvalue weighted by molar-refractivity contribution is 7.09. The lowest BCUT2D eigenvalue weighted by Crippen LogP contribution is -2.34. The van der Waals surface area contributed by atoms with Crippen molar-refractivity contribution in [3.8, 4) is 0 Å². The van der Waals surface area contributed by atoms with Gasteiger partial charge >= 0.3 is 0 Å². The molecule has 4 nitrogen and oxygen atoms in total. The Balaban J connectivity index is 2.48. The second-order valence-corrected chi connectivity index (χ2v) is 5.74. The van der Waals surface area contributed by atoms with E-state index in [1.165, 1.54) is 11.3 Å². The second-order valence-electron chi connectivity index (χ2n) is 4.68. The van der Waals surface area contributed by atoms with E-state index in [0.29, 0.717) is 18.2 Å². The summed E-state index contributed by atoms with van der Waals surface area (Å²) in [4.78, 5) is 17.9. The average Bonchev–Trinajstić information content (AvgIpc) is 2.70. The Kier molecular flexibility index (Phi) is 5.08. The first-order valence-electron chi connectivity index (χ1n) is 5.85. The average molecular weight is 255 g/mol.